The Morgan fingerprint density at radius 1 is 1.69 bits per heavy atom. The number of esters is 1. The molecule has 0 saturated heterocycles. The maximum Gasteiger partial charge on any atom is 0.358 e. The number of halogens is 1. The Morgan fingerprint density at radius 3 is 2.69 bits per heavy atom. The van der Waals surface area contributed by atoms with Crippen LogP contribution in [0.1, 0.15) is 22.3 Å². The molecule has 0 saturated carbocycles. The number of ether oxygens (including phenoxy) is 1. The van der Waals surface area contributed by atoms with Gasteiger partial charge in [0.25, 0.3) is 0 Å². The molecule has 74 valence electrons. The lowest BCUT2D eigenvalue weighted by atomic mass is 10.4. The van der Waals surface area contributed by atoms with Gasteiger partial charge in [0.2, 0.25) is 0 Å². The van der Waals surface area contributed by atoms with Crippen molar-refractivity contribution in [2.24, 2.45) is 0 Å². The largest absolute Gasteiger partial charge is 0.461 e. The standard InChI is InChI=1S/C7H10N2O2S.BrH/c1-3-11-6(10)5-4(2)12-7(8)9-5;/h3H2,1-2H3,(H2,8,9);1H. The second-order valence-electron chi connectivity index (χ2n) is 2.18. The number of nitrogens with two attached hydrogens (primary N) is 1. The minimum Gasteiger partial charge on any atom is -0.461 e. The number of aryl methyl sites for hydroxylation is 1. The fourth-order valence-corrected chi connectivity index (χ4v) is 1.48. The molecule has 2 N–H and O–H groups in total. The number of rotatable bonds is 2. The van der Waals surface area contributed by atoms with Crippen LogP contribution in [0, 0.1) is 6.92 Å². The molecule has 0 spiro atoms. The molecule has 0 atom stereocenters. The zero-order valence-corrected chi connectivity index (χ0v) is 9.89. The Kier molecular flexibility index (Phi) is 4.94. The van der Waals surface area contributed by atoms with Crippen LogP contribution in [0.3, 0.4) is 0 Å². The number of carbonyl (C=O) groups is 1. The molecule has 0 aliphatic rings. The van der Waals surface area contributed by atoms with Crippen LogP contribution >= 0.6 is 28.3 Å². The summed E-state index contributed by atoms with van der Waals surface area (Å²) < 4.78 is 4.77. The highest BCUT2D eigenvalue weighted by atomic mass is 79.9. The summed E-state index contributed by atoms with van der Waals surface area (Å²) in [4.78, 5) is 15.8. The summed E-state index contributed by atoms with van der Waals surface area (Å²) in [5.41, 5.74) is 5.75. The van der Waals surface area contributed by atoms with E-state index in [4.69, 9.17) is 10.5 Å². The molecule has 13 heavy (non-hydrogen) atoms. The van der Waals surface area contributed by atoms with Crippen LogP contribution in [0.2, 0.25) is 0 Å². The zero-order chi connectivity index (χ0) is 9.14. The van der Waals surface area contributed by atoms with Gasteiger partial charge in [0.15, 0.2) is 10.8 Å². The fourth-order valence-electron chi connectivity index (χ4n) is 0.806. The van der Waals surface area contributed by atoms with Gasteiger partial charge in [-0.1, -0.05) is 0 Å². The first-order chi connectivity index (χ1) is 5.65. The normalized spacial score (nSPS) is 9.08. The van der Waals surface area contributed by atoms with E-state index in [1.165, 1.54) is 11.3 Å². The number of thiazole rings is 1. The first kappa shape index (κ1) is 12.4. The molecule has 0 unspecified atom stereocenters. The molecule has 0 bridgehead atoms. The first-order valence-corrected chi connectivity index (χ1v) is 4.36. The van der Waals surface area contributed by atoms with E-state index < -0.39 is 5.97 Å². The molecule has 0 radical (unpaired) electrons. The Morgan fingerprint density at radius 2 is 2.31 bits per heavy atom. The van der Waals surface area contributed by atoms with Gasteiger partial charge in [0, 0.05) is 4.88 Å². The summed E-state index contributed by atoms with van der Waals surface area (Å²) in [5.74, 6) is -0.400. The van der Waals surface area contributed by atoms with E-state index in [-0.39, 0.29) is 17.0 Å². The second-order valence-corrected chi connectivity index (χ2v) is 3.41. The maximum absolute atomic E-state index is 11.1. The van der Waals surface area contributed by atoms with Gasteiger partial charge in [-0.15, -0.1) is 28.3 Å². The molecular weight excluding hydrogens is 256 g/mol. The van der Waals surface area contributed by atoms with Crippen LogP contribution in [0.5, 0.6) is 0 Å². The summed E-state index contributed by atoms with van der Waals surface area (Å²) in [6.45, 7) is 3.90. The maximum atomic E-state index is 11.1. The zero-order valence-electron chi connectivity index (χ0n) is 7.36. The van der Waals surface area contributed by atoms with Gasteiger partial charge in [-0.2, -0.15) is 0 Å². The van der Waals surface area contributed by atoms with Crippen LogP contribution in [0.25, 0.3) is 0 Å². The van der Waals surface area contributed by atoms with Gasteiger partial charge in [0.05, 0.1) is 6.61 Å². The van der Waals surface area contributed by atoms with Gasteiger partial charge >= 0.3 is 5.97 Å². The molecule has 1 rings (SSSR count). The molecule has 0 aliphatic heterocycles. The highest BCUT2D eigenvalue weighted by molar-refractivity contribution is 8.93. The summed E-state index contributed by atoms with van der Waals surface area (Å²) in [7, 11) is 0. The number of carbonyl (C=O) groups excluding carboxylic acids is 1. The number of nitrogens with zero attached hydrogens (tertiary/aromatic N) is 1. The predicted octanol–water partition coefficient (Wildman–Crippen LogP) is 1.79. The van der Waals surface area contributed by atoms with Crippen LogP contribution in [-0.2, 0) is 4.74 Å². The summed E-state index contributed by atoms with van der Waals surface area (Å²) in [6.07, 6.45) is 0. The highest BCUT2D eigenvalue weighted by Crippen LogP contribution is 2.19. The molecular formula is C7H11BrN2O2S. The molecule has 4 nitrogen and oxygen atoms in total. The van der Waals surface area contributed by atoms with Crippen molar-refractivity contribution in [1.82, 2.24) is 4.98 Å². The van der Waals surface area contributed by atoms with Gasteiger partial charge in [-0.3, -0.25) is 0 Å². The monoisotopic (exact) mass is 266 g/mol. The van der Waals surface area contributed by atoms with E-state index in [0.717, 1.165) is 4.88 Å². The van der Waals surface area contributed by atoms with Crippen molar-refractivity contribution >= 4 is 39.4 Å². The van der Waals surface area contributed by atoms with Crippen molar-refractivity contribution < 1.29 is 9.53 Å². The molecule has 0 aromatic carbocycles. The molecule has 1 aromatic rings. The summed E-state index contributed by atoms with van der Waals surface area (Å²) >= 11 is 1.29. The summed E-state index contributed by atoms with van der Waals surface area (Å²) in [5, 5.41) is 0.399. The van der Waals surface area contributed by atoms with Crippen LogP contribution < -0.4 is 5.73 Å². The Balaban J connectivity index is 0.00000144. The smallest absolute Gasteiger partial charge is 0.358 e. The summed E-state index contributed by atoms with van der Waals surface area (Å²) in [6, 6.07) is 0. The fraction of sp³-hybridized carbons (Fsp3) is 0.429. The lowest BCUT2D eigenvalue weighted by molar-refractivity contribution is 0.0519. The molecule has 6 heteroatoms. The van der Waals surface area contributed by atoms with Crippen molar-refractivity contribution in [3.63, 3.8) is 0 Å². The minimum absolute atomic E-state index is 0. The topological polar surface area (TPSA) is 65.2 Å². The third-order valence-electron chi connectivity index (χ3n) is 1.28. The number of hydrogen-bond donors (Lipinski definition) is 1. The van der Waals surface area contributed by atoms with Gasteiger partial charge in [0.1, 0.15) is 0 Å². The van der Waals surface area contributed by atoms with E-state index in [0.29, 0.717) is 17.4 Å². The number of hydrogen-bond acceptors (Lipinski definition) is 5. The Hall–Kier alpha value is -0.620. The van der Waals surface area contributed by atoms with Crippen molar-refractivity contribution in [1.29, 1.82) is 0 Å². The van der Waals surface area contributed by atoms with Crippen LogP contribution in [0.4, 0.5) is 5.13 Å². The van der Waals surface area contributed by atoms with E-state index in [9.17, 15) is 4.79 Å². The molecule has 1 heterocycles. The average Bonchev–Trinajstić information content (AvgIpc) is 2.30. The second kappa shape index (κ2) is 5.18. The third-order valence-corrected chi connectivity index (χ3v) is 2.08. The van der Waals surface area contributed by atoms with E-state index >= 15 is 0 Å². The van der Waals surface area contributed by atoms with E-state index in [1.54, 1.807) is 13.8 Å². The SMILES string of the molecule is Br.CCOC(=O)c1nc(N)sc1C. The van der Waals surface area contributed by atoms with Gasteiger partial charge in [-0.05, 0) is 13.8 Å². The number of anilines is 1. The average molecular weight is 267 g/mol. The quantitative estimate of drug-likeness (QED) is 0.829. The lowest BCUT2D eigenvalue weighted by Gasteiger charge is -1.97. The Labute approximate surface area is 90.9 Å². The first-order valence-electron chi connectivity index (χ1n) is 3.55. The van der Waals surface area contributed by atoms with Crippen LogP contribution in [-0.4, -0.2) is 17.6 Å². The van der Waals surface area contributed by atoms with Crippen molar-refractivity contribution in [3.8, 4) is 0 Å². The van der Waals surface area contributed by atoms with E-state index in [1.807, 2.05) is 0 Å². The van der Waals surface area contributed by atoms with Crippen molar-refractivity contribution in [2.75, 3.05) is 12.3 Å². The van der Waals surface area contributed by atoms with E-state index in [2.05, 4.69) is 4.98 Å². The molecule has 0 aliphatic carbocycles. The van der Waals surface area contributed by atoms with Gasteiger partial charge < -0.3 is 10.5 Å². The minimum atomic E-state index is -0.400. The third kappa shape index (κ3) is 2.96. The predicted molar refractivity (Wildman–Crippen MR) is 57.5 cm³/mol. The molecule has 0 amide bonds. The van der Waals surface area contributed by atoms with Crippen LogP contribution in [0.15, 0.2) is 0 Å². The molecule has 0 fully saturated rings. The van der Waals surface area contributed by atoms with Crippen molar-refractivity contribution in [2.45, 2.75) is 13.8 Å². The Bertz CT molecular complexity index is 301. The lowest BCUT2D eigenvalue weighted by Crippen LogP contribution is -2.06. The number of nitrogen functional groups attached to an aromatic ring is 1. The number of aromatic nitrogens is 1. The van der Waals surface area contributed by atoms with Gasteiger partial charge in [-0.25, -0.2) is 9.78 Å². The van der Waals surface area contributed by atoms with Crippen molar-refractivity contribution in [3.05, 3.63) is 10.6 Å². The highest BCUT2D eigenvalue weighted by Gasteiger charge is 2.14. The molecule has 1 aromatic heterocycles.